The van der Waals surface area contributed by atoms with Crippen molar-refractivity contribution < 1.29 is 0 Å². The maximum atomic E-state index is 4.94. The lowest BCUT2D eigenvalue weighted by molar-refractivity contribution is 0.373. The zero-order chi connectivity index (χ0) is 9.28. The van der Waals surface area contributed by atoms with Crippen LogP contribution < -0.4 is 10.9 Å². The Labute approximate surface area is 72.6 Å². The predicted molar refractivity (Wildman–Crippen MR) is 53.7 cm³/mol. The van der Waals surface area contributed by atoms with Crippen LogP contribution in [0.3, 0.4) is 0 Å². The molecular weight excluding hydrogens is 156 g/mol. The zero-order valence-electron chi connectivity index (χ0n) is 8.39. The summed E-state index contributed by atoms with van der Waals surface area (Å²) < 4.78 is 0. The van der Waals surface area contributed by atoms with Gasteiger partial charge in [0.15, 0.2) is 0 Å². The fourth-order valence-electron chi connectivity index (χ4n) is 0.335. The van der Waals surface area contributed by atoms with Crippen molar-refractivity contribution in [2.75, 3.05) is 28.2 Å². The van der Waals surface area contributed by atoms with Crippen molar-refractivity contribution in [2.45, 2.75) is 13.0 Å². The van der Waals surface area contributed by atoms with Crippen molar-refractivity contribution in [3.63, 3.8) is 0 Å². The molecule has 0 heterocycles. The number of nitrogens with one attached hydrogen (secondary N) is 1. The lowest BCUT2D eigenvalue weighted by Gasteiger charge is -2.08. The van der Waals surface area contributed by atoms with Crippen LogP contribution >= 0.6 is 0 Å². The molecule has 0 aromatic carbocycles. The highest BCUT2D eigenvalue weighted by molar-refractivity contribution is 6.31. The third-order valence-corrected chi connectivity index (χ3v) is 2.03. The summed E-state index contributed by atoms with van der Waals surface area (Å²) in [7, 11) is 7.67. The van der Waals surface area contributed by atoms with Crippen LogP contribution in [-0.4, -0.2) is 47.9 Å². The van der Waals surface area contributed by atoms with Crippen LogP contribution in [0.4, 0.5) is 0 Å². The molecule has 5 heteroatoms. The van der Waals surface area contributed by atoms with Crippen molar-refractivity contribution in [1.82, 2.24) is 15.1 Å². The SMILES string of the molecule is CC[SiH2]NN(C)C.CN(C)N. The van der Waals surface area contributed by atoms with Crippen molar-refractivity contribution in [3.8, 4) is 0 Å². The van der Waals surface area contributed by atoms with Crippen LogP contribution in [0.15, 0.2) is 0 Å². The van der Waals surface area contributed by atoms with E-state index in [4.69, 9.17) is 5.84 Å². The molecule has 0 bridgehead atoms. The summed E-state index contributed by atoms with van der Waals surface area (Å²) in [5.74, 6) is 4.94. The van der Waals surface area contributed by atoms with Crippen molar-refractivity contribution in [3.05, 3.63) is 0 Å². The van der Waals surface area contributed by atoms with Gasteiger partial charge >= 0.3 is 0 Å². The molecule has 0 saturated heterocycles. The standard InChI is InChI=1S/C4H14N2Si.C2H8N2/c1-4-7-5-6(2)3;1-4(2)3/h5H,4,7H2,1-3H3;3H2,1-2H3. The number of rotatable bonds is 3. The topological polar surface area (TPSA) is 44.5 Å². The van der Waals surface area contributed by atoms with Gasteiger partial charge in [-0.2, -0.15) is 0 Å². The summed E-state index contributed by atoms with van der Waals surface area (Å²) in [4.78, 5) is 0. The quantitative estimate of drug-likeness (QED) is 0.330. The summed E-state index contributed by atoms with van der Waals surface area (Å²) in [5.41, 5.74) is 0. The normalized spacial score (nSPS) is 10.9. The van der Waals surface area contributed by atoms with Crippen molar-refractivity contribution in [2.24, 2.45) is 5.84 Å². The van der Waals surface area contributed by atoms with E-state index in [9.17, 15) is 0 Å². The van der Waals surface area contributed by atoms with E-state index in [1.54, 1.807) is 14.1 Å². The highest BCUT2D eigenvalue weighted by atomic mass is 28.2. The van der Waals surface area contributed by atoms with E-state index in [-0.39, 0.29) is 9.68 Å². The fourth-order valence-corrected chi connectivity index (χ4v) is 1.01. The van der Waals surface area contributed by atoms with Gasteiger partial charge in [0.1, 0.15) is 9.68 Å². The second-order valence-corrected chi connectivity index (χ2v) is 4.58. The number of nitrogens with two attached hydrogens (primary N) is 1. The van der Waals surface area contributed by atoms with Gasteiger partial charge < -0.3 is 0 Å². The van der Waals surface area contributed by atoms with E-state index >= 15 is 0 Å². The van der Waals surface area contributed by atoms with Gasteiger partial charge in [0.2, 0.25) is 0 Å². The second-order valence-electron chi connectivity index (χ2n) is 2.77. The molecular formula is C6H22N4Si. The molecule has 3 N–H and O–H groups in total. The minimum Gasteiger partial charge on any atom is -0.284 e. The minimum absolute atomic E-state index is 0.0502. The van der Waals surface area contributed by atoms with Crippen LogP contribution in [0, 0.1) is 0 Å². The number of hydrazine groups is 2. The van der Waals surface area contributed by atoms with E-state index in [2.05, 4.69) is 12.0 Å². The van der Waals surface area contributed by atoms with Crippen molar-refractivity contribution in [1.29, 1.82) is 0 Å². The molecule has 0 aliphatic carbocycles. The third kappa shape index (κ3) is 39.7. The van der Waals surface area contributed by atoms with Gasteiger partial charge in [0, 0.05) is 28.2 Å². The molecule has 0 radical (unpaired) electrons. The molecule has 11 heavy (non-hydrogen) atoms. The third-order valence-electron chi connectivity index (χ3n) is 0.678. The molecule has 70 valence electrons. The van der Waals surface area contributed by atoms with Gasteiger partial charge in [-0.3, -0.25) is 21.0 Å². The Hall–Kier alpha value is 0.0569. The molecule has 0 aliphatic rings. The maximum absolute atomic E-state index is 4.94. The van der Waals surface area contributed by atoms with Gasteiger partial charge in [-0.1, -0.05) is 13.0 Å². The molecule has 4 nitrogen and oxygen atoms in total. The predicted octanol–water partition coefficient (Wildman–Crippen LogP) is -1.00. The fraction of sp³-hybridized carbons (Fsp3) is 1.00. The summed E-state index contributed by atoms with van der Waals surface area (Å²) in [6.45, 7) is 2.21. The largest absolute Gasteiger partial charge is 0.284 e. The van der Waals surface area contributed by atoms with Gasteiger partial charge in [-0.15, -0.1) is 0 Å². The maximum Gasteiger partial charge on any atom is 0.110 e. The van der Waals surface area contributed by atoms with E-state index in [0.717, 1.165) is 0 Å². The smallest absolute Gasteiger partial charge is 0.110 e. The first-order valence-corrected chi connectivity index (χ1v) is 5.54. The summed E-state index contributed by atoms with van der Waals surface area (Å²) in [5, 5.41) is 6.79. The average Bonchev–Trinajstić information content (AvgIpc) is 1.82. The Bertz CT molecular complexity index is 64.8. The Balaban J connectivity index is 0. The summed E-state index contributed by atoms with van der Waals surface area (Å²) >= 11 is 0. The first kappa shape index (κ1) is 13.6. The van der Waals surface area contributed by atoms with Crippen LogP contribution in [-0.2, 0) is 0 Å². The molecule has 0 saturated carbocycles. The van der Waals surface area contributed by atoms with Crippen LogP contribution in [0.25, 0.3) is 0 Å². The van der Waals surface area contributed by atoms with E-state index in [1.807, 2.05) is 19.1 Å². The Morgan fingerprint density at radius 2 is 1.64 bits per heavy atom. The minimum atomic E-state index is 0.0502. The highest BCUT2D eigenvalue weighted by Crippen LogP contribution is 1.67. The first-order chi connectivity index (χ1) is 5.00. The highest BCUT2D eigenvalue weighted by Gasteiger charge is 1.81. The van der Waals surface area contributed by atoms with Gasteiger partial charge in [0.05, 0.1) is 0 Å². The molecule has 0 amide bonds. The Morgan fingerprint density at radius 3 is 1.73 bits per heavy atom. The van der Waals surface area contributed by atoms with Gasteiger partial charge in [0.25, 0.3) is 0 Å². The van der Waals surface area contributed by atoms with Crippen molar-refractivity contribution >= 4 is 9.68 Å². The molecule has 0 fully saturated rings. The zero-order valence-corrected chi connectivity index (χ0v) is 9.80. The van der Waals surface area contributed by atoms with Crippen LogP contribution in [0.5, 0.6) is 0 Å². The number of hydrogen-bond donors (Lipinski definition) is 2. The molecule has 0 aromatic rings. The molecule has 0 rings (SSSR count). The Morgan fingerprint density at radius 1 is 1.27 bits per heavy atom. The number of hydrogen-bond acceptors (Lipinski definition) is 4. The Kier molecular flexibility index (Phi) is 12.5. The van der Waals surface area contributed by atoms with Gasteiger partial charge in [-0.25, -0.2) is 0 Å². The lowest BCUT2D eigenvalue weighted by atomic mass is 11.0. The summed E-state index contributed by atoms with van der Waals surface area (Å²) in [6.07, 6.45) is 0. The summed E-state index contributed by atoms with van der Waals surface area (Å²) in [6, 6.07) is 1.33. The van der Waals surface area contributed by atoms with E-state index in [0.29, 0.717) is 0 Å². The lowest BCUT2D eigenvalue weighted by Crippen LogP contribution is -2.32. The molecule has 0 aromatic heterocycles. The molecule has 0 spiro atoms. The molecule has 0 unspecified atom stereocenters. The first-order valence-electron chi connectivity index (χ1n) is 3.83. The molecule has 0 atom stereocenters. The van der Waals surface area contributed by atoms with Crippen LogP contribution in [0.2, 0.25) is 6.04 Å². The molecule has 0 aliphatic heterocycles. The monoisotopic (exact) mass is 178 g/mol. The van der Waals surface area contributed by atoms with E-state index in [1.165, 1.54) is 11.1 Å². The van der Waals surface area contributed by atoms with Crippen LogP contribution in [0.1, 0.15) is 6.92 Å². The average molecular weight is 178 g/mol. The second kappa shape index (κ2) is 10.1. The van der Waals surface area contributed by atoms with Gasteiger partial charge in [-0.05, 0) is 0 Å². The number of nitrogens with zero attached hydrogens (tertiary/aromatic N) is 2. The van der Waals surface area contributed by atoms with E-state index < -0.39 is 0 Å².